The van der Waals surface area contributed by atoms with Crippen molar-refractivity contribution < 1.29 is 0 Å². The van der Waals surface area contributed by atoms with Crippen LogP contribution in [0.5, 0.6) is 0 Å². The maximum absolute atomic E-state index is 6.26. The molecule has 0 unspecified atom stereocenters. The van der Waals surface area contributed by atoms with Crippen LogP contribution in [0.2, 0.25) is 5.15 Å². The molecule has 0 bridgehead atoms. The molecule has 116 valence electrons. The molecule has 0 aromatic carbocycles. The minimum Gasteiger partial charge on any atom is -0.353 e. The molecule has 2 aromatic rings. The van der Waals surface area contributed by atoms with Crippen molar-refractivity contribution in [2.75, 3.05) is 11.9 Å². The first kappa shape index (κ1) is 14.2. The lowest BCUT2D eigenvalue weighted by Crippen LogP contribution is -2.12. The lowest BCUT2D eigenvalue weighted by atomic mass is 10.2. The molecule has 0 spiro atoms. The van der Waals surface area contributed by atoms with Crippen LogP contribution >= 0.6 is 11.6 Å². The van der Waals surface area contributed by atoms with Crippen LogP contribution in [-0.4, -0.2) is 26.1 Å². The molecule has 5 nitrogen and oxygen atoms in total. The Balaban J connectivity index is 1.59. The molecule has 0 amide bonds. The van der Waals surface area contributed by atoms with Crippen LogP contribution in [0.4, 0.5) is 5.95 Å². The van der Waals surface area contributed by atoms with Crippen molar-refractivity contribution in [2.24, 2.45) is 11.8 Å². The first-order valence-electron chi connectivity index (χ1n) is 7.62. The zero-order valence-corrected chi connectivity index (χ0v) is 13.2. The summed E-state index contributed by atoms with van der Waals surface area (Å²) in [5.41, 5.74) is 1.41. The summed E-state index contributed by atoms with van der Waals surface area (Å²) in [6.45, 7) is 1.54. The van der Waals surface area contributed by atoms with Crippen molar-refractivity contribution in [1.29, 1.82) is 0 Å². The first-order chi connectivity index (χ1) is 11.3. The molecule has 23 heavy (non-hydrogen) atoms. The second-order valence-corrected chi connectivity index (χ2v) is 6.01. The second-order valence-electron chi connectivity index (χ2n) is 5.66. The zero-order valence-electron chi connectivity index (χ0n) is 12.4. The van der Waals surface area contributed by atoms with Gasteiger partial charge < -0.3 is 9.88 Å². The van der Waals surface area contributed by atoms with Gasteiger partial charge in [0.25, 0.3) is 0 Å². The Labute approximate surface area is 139 Å². The molecule has 2 aliphatic rings. The lowest BCUT2D eigenvalue weighted by molar-refractivity contribution is 0.630. The Morgan fingerprint density at radius 2 is 1.70 bits per heavy atom. The third-order valence-electron chi connectivity index (χ3n) is 3.98. The van der Waals surface area contributed by atoms with Gasteiger partial charge in [-0.2, -0.15) is 9.97 Å². The molecular formula is C17H16ClN5. The molecule has 0 radical (unpaired) electrons. The number of halogens is 1. The van der Waals surface area contributed by atoms with Gasteiger partial charge in [-0.05, 0) is 0 Å². The minimum absolute atomic E-state index is 0.367. The van der Waals surface area contributed by atoms with Crippen molar-refractivity contribution in [3.8, 4) is 0 Å². The van der Waals surface area contributed by atoms with Gasteiger partial charge in [0, 0.05) is 24.9 Å². The number of nitrogens with zero attached hydrogens (tertiary/aromatic N) is 4. The van der Waals surface area contributed by atoms with E-state index in [4.69, 9.17) is 11.6 Å². The summed E-state index contributed by atoms with van der Waals surface area (Å²) in [4.78, 5) is 13.2. The van der Waals surface area contributed by atoms with Gasteiger partial charge >= 0.3 is 0 Å². The average Bonchev–Trinajstić information content (AvgIpc) is 3.28. The van der Waals surface area contributed by atoms with E-state index in [1.54, 1.807) is 6.33 Å². The predicted octanol–water partition coefficient (Wildman–Crippen LogP) is 3.38. The highest BCUT2D eigenvalue weighted by Gasteiger charge is 2.14. The maximum Gasteiger partial charge on any atom is 0.226 e. The van der Waals surface area contributed by atoms with Gasteiger partial charge in [-0.15, -0.1) is 0 Å². The third-order valence-corrected chi connectivity index (χ3v) is 4.24. The average molecular weight is 326 g/mol. The summed E-state index contributed by atoms with van der Waals surface area (Å²) in [5.74, 6) is 1.27. The molecule has 1 N–H and O–H groups in total. The minimum atomic E-state index is 0.367. The van der Waals surface area contributed by atoms with Gasteiger partial charge in [0.05, 0.1) is 6.33 Å². The number of rotatable bonds is 5. The number of aromatic nitrogens is 4. The number of hydrogen-bond acceptors (Lipinski definition) is 4. The number of allylic oxidation sites excluding steroid dienone is 6. The quantitative estimate of drug-likeness (QED) is 0.856. The van der Waals surface area contributed by atoms with Crippen molar-refractivity contribution in [2.45, 2.75) is 6.54 Å². The Morgan fingerprint density at radius 1 is 1.00 bits per heavy atom. The molecule has 2 heterocycles. The fraction of sp³-hybridized carbons (Fsp3) is 0.235. The van der Waals surface area contributed by atoms with E-state index in [0.717, 1.165) is 18.7 Å². The van der Waals surface area contributed by atoms with Gasteiger partial charge in [-0.1, -0.05) is 60.2 Å². The predicted molar refractivity (Wildman–Crippen MR) is 92.4 cm³/mol. The van der Waals surface area contributed by atoms with Crippen LogP contribution in [0.15, 0.2) is 54.9 Å². The summed E-state index contributed by atoms with van der Waals surface area (Å²) in [6.07, 6.45) is 18.6. The third kappa shape index (κ3) is 2.92. The molecule has 4 rings (SSSR count). The fourth-order valence-electron chi connectivity index (χ4n) is 2.77. The van der Waals surface area contributed by atoms with Crippen LogP contribution < -0.4 is 5.32 Å². The number of nitrogens with one attached hydrogen (secondary N) is 1. The van der Waals surface area contributed by atoms with E-state index in [9.17, 15) is 0 Å². The lowest BCUT2D eigenvalue weighted by Gasteiger charge is -2.10. The van der Waals surface area contributed by atoms with E-state index in [1.165, 1.54) is 0 Å². The molecule has 0 saturated heterocycles. The van der Waals surface area contributed by atoms with Crippen molar-refractivity contribution in [3.05, 3.63) is 60.1 Å². The number of fused-ring (bicyclic) bond motifs is 1. The second kappa shape index (κ2) is 6.01. The van der Waals surface area contributed by atoms with Crippen LogP contribution in [-0.2, 0) is 6.54 Å². The molecular weight excluding hydrogens is 310 g/mol. The van der Waals surface area contributed by atoms with Gasteiger partial charge in [0.15, 0.2) is 10.8 Å². The van der Waals surface area contributed by atoms with E-state index < -0.39 is 0 Å². The number of anilines is 1. The zero-order chi connectivity index (χ0) is 15.6. The molecule has 2 aromatic heterocycles. The largest absolute Gasteiger partial charge is 0.353 e. The number of imidazole rings is 1. The summed E-state index contributed by atoms with van der Waals surface area (Å²) in [6, 6.07) is 0. The fourth-order valence-corrected chi connectivity index (χ4v) is 2.99. The normalized spacial score (nSPS) is 17.1. The summed E-state index contributed by atoms with van der Waals surface area (Å²) in [5, 5.41) is 3.63. The Bertz CT molecular complexity index is 822. The molecule has 0 aliphatic heterocycles. The van der Waals surface area contributed by atoms with Gasteiger partial charge in [-0.25, -0.2) is 4.98 Å². The molecule has 0 saturated carbocycles. The monoisotopic (exact) mass is 325 g/mol. The molecule has 2 aliphatic carbocycles. The highest BCUT2D eigenvalue weighted by atomic mass is 35.5. The highest BCUT2D eigenvalue weighted by Crippen LogP contribution is 2.23. The standard InChI is InChI=1S/C17H16ClN5/c18-15-14-16(23(11-20-14)10-13-7-3-4-8-13)22-17(21-15)19-9-12-5-1-2-6-12/h1-8,11-13H,9-10H2,(H,19,21,22). The van der Waals surface area contributed by atoms with Crippen molar-refractivity contribution in [3.63, 3.8) is 0 Å². The SMILES string of the molecule is Clc1nc(NCC2C=CC=C2)nc2c1ncn2CC1C=CC=C1. The summed E-state index contributed by atoms with van der Waals surface area (Å²) in [7, 11) is 0. The summed E-state index contributed by atoms with van der Waals surface area (Å²) >= 11 is 6.26. The van der Waals surface area contributed by atoms with E-state index in [1.807, 2.05) is 16.7 Å². The van der Waals surface area contributed by atoms with Gasteiger partial charge in [0.1, 0.15) is 5.52 Å². The van der Waals surface area contributed by atoms with Crippen LogP contribution in [0.1, 0.15) is 0 Å². The van der Waals surface area contributed by atoms with Crippen LogP contribution in [0.3, 0.4) is 0 Å². The first-order valence-corrected chi connectivity index (χ1v) is 7.99. The van der Waals surface area contributed by atoms with Crippen LogP contribution in [0, 0.1) is 11.8 Å². The van der Waals surface area contributed by atoms with Gasteiger partial charge in [0.2, 0.25) is 5.95 Å². The highest BCUT2D eigenvalue weighted by molar-refractivity contribution is 6.33. The summed E-state index contributed by atoms with van der Waals surface area (Å²) < 4.78 is 2.02. The number of hydrogen-bond donors (Lipinski definition) is 1. The van der Waals surface area contributed by atoms with E-state index in [0.29, 0.717) is 28.5 Å². The molecule has 0 atom stereocenters. The van der Waals surface area contributed by atoms with Crippen molar-refractivity contribution in [1.82, 2.24) is 19.5 Å². The topological polar surface area (TPSA) is 55.6 Å². The van der Waals surface area contributed by atoms with E-state index in [2.05, 4.69) is 56.7 Å². The molecule has 0 fully saturated rings. The van der Waals surface area contributed by atoms with Crippen LogP contribution in [0.25, 0.3) is 11.2 Å². The Hall–Kier alpha value is -2.40. The van der Waals surface area contributed by atoms with Crippen molar-refractivity contribution >= 4 is 28.7 Å². The smallest absolute Gasteiger partial charge is 0.226 e. The van der Waals surface area contributed by atoms with Gasteiger partial charge in [-0.3, -0.25) is 0 Å². The Morgan fingerprint density at radius 3 is 2.43 bits per heavy atom. The van der Waals surface area contributed by atoms with E-state index in [-0.39, 0.29) is 0 Å². The van der Waals surface area contributed by atoms with E-state index >= 15 is 0 Å². The Kier molecular flexibility index (Phi) is 3.71. The maximum atomic E-state index is 6.26. The molecule has 6 heteroatoms.